The number of benzene rings is 1. The lowest BCUT2D eigenvalue weighted by Gasteiger charge is -2.20. The molecule has 0 atom stereocenters. The van der Waals surface area contributed by atoms with Crippen molar-refractivity contribution in [3.8, 4) is 11.1 Å². The summed E-state index contributed by atoms with van der Waals surface area (Å²) >= 11 is 0. The van der Waals surface area contributed by atoms with E-state index < -0.39 is 0 Å². The fourth-order valence-corrected chi connectivity index (χ4v) is 2.36. The van der Waals surface area contributed by atoms with Crippen molar-refractivity contribution < 1.29 is 0 Å². The van der Waals surface area contributed by atoms with Crippen LogP contribution in [0.1, 0.15) is 26.3 Å². The summed E-state index contributed by atoms with van der Waals surface area (Å²) in [5, 5.41) is 0. The second-order valence-corrected chi connectivity index (χ2v) is 5.30. The van der Waals surface area contributed by atoms with E-state index in [1.807, 2.05) is 12.3 Å². The number of nitrogens with zero attached hydrogens (tertiary/aromatic N) is 2. The first-order chi connectivity index (χ1) is 8.59. The molecule has 90 valence electrons. The first-order valence-electron chi connectivity index (χ1n) is 6.20. The van der Waals surface area contributed by atoms with Crippen LogP contribution < -0.4 is 0 Å². The molecule has 2 heterocycles. The van der Waals surface area contributed by atoms with Gasteiger partial charge in [-0.2, -0.15) is 0 Å². The van der Waals surface area contributed by atoms with E-state index in [9.17, 15) is 0 Å². The van der Waals surface area contributed by atoms with Gasteiger partial charge in [0.2, 0.25) is 0 Å². The van der Waals surface area contributed by atoms with Crippen LogP contribution in [-0.2, 0) is 5.41 Å². The molecule has 1 aliphatic rings. The Bertz CT molecular complexity index is 625. The minimum absolute atomic E-state index is 0.0353. The molecular weight excluding hydrogens is 220 g/mol. The van der Waals surface area contributed by atoms with Crippen LogP contribution in [0.4, 0.5) is 5.69 Å². The third-order valence-electron chi connectivity index (χ3n) is 3.86. The predicted molar refractivity (Wildman–Crippen MR) is 75.5 cm³/mol. The van der Waals surface area contributed by atoms with E-state index in [4.69, 9.17) is 0 Å². The maximum absolute atomic E-state index is 4.64. The molecule has 18 heavy (non-hydrogen) atoms. The zero-order chi connectivity index (χ0) is 12.8. The quantitative estimate of drug-likeness (QED) is 0.730. The molecule has 0 fully saturated rings. The Morgan fingerprint density at radius 3 is 2.61 bits per heavy atom. The number of fused-ring (bicyclic) bond motifs is 1. The van der Waals surface area contributed by atoms with Crippen LogP contribution in [-0.4, -0.2) is 10.7 Å². The van der Waals surface area contributed by atoms with Crippen molar-refractivity contribution in [2.75, 3.05) is 0 Å². The molecule has 0 spiro atoms. The summed E-state index contributed by atoms with van der Waals surface area (Å²) in [5.74, 6) is 0. The highest BCUT2D eigenvalue weighted by Crippen LogP contribution is 2.41. The highest BCUT2D eigenvalue weighted by atomic mass is 14.8. The number of pyridine rings is 1. The van der Waals surface area contributed by atoms with Gasteiger partial charge in [-0.05, 0) is 41.8 Å². The Kier molecular flexibility index (Phi) is 2.34. The molecule has 1 aliphatic heterocycles. The molecule has 2 nitrogen and oxygen atoms in total. The minimum atomic E-state index is 0.0353. The minimum Gasteiger partial charge on any atom is -0.264 e. The largest absolute Gasteiger partial charge is 0.264 e. The molecule has 2 aromatic rings. The van der Waals surface area contributed by atoms with Crippen LogP contribution in [0.15, 0.2) is 47.7 Å². The lowest BCUT2D eigenvalue weighted by Crippen LogP contribution is -2.22. The van der Waals surface area contributed by atoms with Gasteiger partial charge in [-0.3, -0.25) is 9.98 Å². The molecular formula is C16H16N2. The molecule has 3 rings (SSSR count). The summed E-state index contributed by atoms with van der Waals surface area (Å²) in [6, 6.07) is 10.5. The standard InChI is InChI=1S/C16H16N2/c1-11-16(2,3)14-9-12(6-7-15(14)18-11)13-5-4-8-17-10-13/h4-10H,1-3H3. The first-order valence-corrected chi connectivity index (χ1v) is 6.20. The van der Waals surface area contributed by atoms with Gasteiger partial charge >= 0.3 is 0 Å². The lowest BCUT2D eigenvalue weighted by molar-refractivity contribution is 0.733. The molecule has 0 bridgehead atoms. The van der Waals surface area contributed by atoms with Crippen LogP contribution in [0.3, 0.4) is 0 Å². The van der Waals surface area contributed by atoms with E-state index in [1.54, 1.807) is 6.20 Å². The van der Waals surface area contributed by atoms with Crippen LogP contribution in [0.2, 0.25) is 0 Å². The average Bonchev–Trinajstić information content (AvgIpc) is 2.61. The van der Waals surface area contributed by atoms with E-state index >= 15 is 0 Å². The van der Waals surface area contributed by atoms with Crippen LogP contribution >= 0.6 is 0 Å². The number of hydrogen-bond donors (Lipinski definition) is 0. The van der Waals surface area contributed by atoms with Gasteiger partial charge in [0.1, 0.15) is 0 Å². The van der Waals surface area contributed by atoms with Gasteiger partial charge in [-0.25, -0.2) is 0 Å². The normalized spacial score (nSPS) is 16.3. The Morgan fingerprint density at radius 1 is 1.06 bits per heavy atom. The zero-order valence-corrected chi connectivity index (χ0v) is 10.9. The van der Waals surface area contributed by atoms with Gasteiger partial charge in [-0.1, -0.05) is 26.0 Å². The lowest BCUT2D eigenvalue weighted by atomic mass is 9.81. The molecule has 0 saturated heterocycles. The Balaban J connectivity index is 2.13. The SMILES string of the molecule is CC1=Nc2ccc(-c3cccnc3)cc2C1(C)C. The fraction of sp³-hybridized carbons (Fsp3) is 0.250. The molecule has 1 aromatic heterocycles. The maximum atomic E-state index is 4.64. The summed E-state index contributed by atoms with van der Waals surface area (Å²) in [5.41, 5.74) is 5.99. The summed E-state index contributed by atoms with van der Waals surface area (Å²) < 4.78 is 0. The van der Waals surface area contributed by atoms with Crippen LogP contribution in [0.5, 0.6) is 0 Å². The third-order valence-corrected chi connectivity index (χ3v) is 3.86. The summed E-state index contributed by atoms with van der Waals surface area (Å²) in [6.07, 6.45) is 3.70. The fourth-order valence-electron chi connectivity index (χ4n) is 2.36. The van der Waals surface area contributed by atoms with Crippen molar-refractivity contribution in [1.29, 1.82) is 0 Å². The predicted octanol–water partition coefficient (Wildman–Crippen LogP) is 4.13. The summed E-state index contributed by atoms with van der Waals surface area (Å²) in [4.78, 5) is 8.82. The van der Waals surface area contributed by atoms with Crippen molar-refractivity contribution in [2.24, 2.45) is 4.99 Å². The number of hydrogen-bond acceptors (Lipinski definition) is 2. The van der Waals surface area contributed by atoms with Crippen molar-refractivity contribution in [3.63, 3.8) is 0 Å². The van der Waals surface area contributed by atoms with Gasteiger partial charge in [0.05, 0.1) is 5.69 Å². The Morgan fingerprint density at radius 2 is 1.89 bits per heavy atom. The van der Waals surface area contributed by atoms with Gasteiger partial charge in [0.25, 0.3) is 0 Å². The van der Waals surface area contributed by atoms with E-state index in [0.29, 0.717) is 0 Å². The molecule has 0 amide bonds. The highest BCUT2D eigenvalue weighted by molar-refractivity contribution is 6.00. The molecule has 0 N–H and O–H groups in total. The first kappa shape index (κ1) is 11.1. The van der Waals surface area contributed by atoms with E-state index in [1.165, 1.54) is 16.8 Å². The Hall–Kier alpha value is -1.96. The molecule has 1 aromatic carbocycles. The molecule has 0 unspecified atom stereocenters. The zero-order valence-electron chi connectivity index (χ0n) is 10.9. The van der Waals surface area contributed by atoms with Crippen molar-refractivity contribution in [2.45, 2.75) is 26.2 Å². The second kappa shape index (κ2) is 3.77. The smallest absolute Gasteiger partial charge is 0.0671 e. The molecule has 0 saturated carbocycles. The molecule has 2 heteroatoms. The van der Waals surface area contributed by atoms with Crippen LogP contribution in [0.25, 0.3) is 11.1 Å². The number of rotatable bonds is 1. The van der Waals surface area contributed by atoms with Crippen molar-refractivity contribution in [3.05, 3.63) is 48.3 Å². The van der Waals surface area contributed by atoms with Gasteiger partial charge in [-0.15, -0.1) is 0 Å². The van der Waals surface area contributed by atoms with Crippen LogP contribution in [0, 0.1) is 0 Å². The van der Waals surface area contributed by atoms with Gasteiger partial charge in [0.15, 0.2) is 0 Å². The van der Waals surface area contributed by atoms with E-state index in [0.717, 1.165) is 11.3 Å². The Labute approximate surface area is 107 Å². The maximum Gasteiger partial charge on any atom is 0.0671 e. The van der Waals surface area contributed by atoms with Crippen molar-refractivity contribution in [1.82, 2.24) is 4.98 Å². The average molecular weight is 236 g/mol. The third kappa shape index (κ3) is 1.57. The highest BCUT2D eigenvalue weighted by Gasteiger charge is 2.32. The van der Waals surface area contributed by atoms with E-state index in [-0.39, 0.29) is 5.41 Å². The van der Waals surface area contributed by atoms with E-state index in [2.05, 4.69) is 55.0 Å². The van der Waals surface area contributed by atoms with Crippen molar-refractivity contribution >= 4 is 11.4 Å². The summed E-state index contributed by atoms with van der Waals surface area (Å²) in [7, 11) is 0. The van der Waals surface area contributed by atoms with Gasteiger partial charge in [0, 0.05) is 23.5 Å². The second-order valence-electron chi connectivity index (χ2n) is 5.30. The molecule has 0 radical (unpaired) electrons. The number of aromatic nitrogens is 1. The topological polar surface area (TPSA) is 25.2 Å². The summed E-state index contributed by atoms with van der Waals surface area (Å²) in [6.45, 7) is 6.55. The monoisotopic (exact) mass is 236 g/mol. The molecule has 0 aliphatic carbocycles. The number of aliphatic imine (C=N–C) groups is 1. The van der Waals surface area contributed by atoms with Gasteiger partial charge < -0.3 is 0 Å².